The number of allylic oxidation sites excluding steroid dienone is 2. The van der Waals surface area contributed by atoms with Crippen LogP contribution in [-0.2, 0) is 16.7 Å². The Hall–Kier alpha value is -2.36. The zero-order chi connectivity index (χ0) is 24.8. The van der Waals surface area contributed by atoms with Gasteiger partial charge in [-0.2, -0.15) is 4.57 Å². The first-order valence-corrected chi connectivity index (χ1v) is 13.7. The number of benzene rings is 2. The summed E-state index contributed by atoms with van der Waals surface area (Å²) in [6.45, 7) is 5.43. The quantitative estimate of drug-likeness (QED) is 0.225. The van der Waals surface area contributed by atoms with E-state index in [-0.39, 0.29) is 6.42 Å². The van der Waals surface area contributed by atoms with E-state index < -0.39 is 15.9 Å². The molecule has 0 saturated carbocycles. The molecule has 1 radical (unpaired) electrons. The van der Waals surface area contributed by atoms with Crippen molar-refractivity contribution in [3.8, 4) is 5.75 Å². The average Bonchev–Trinajstić information content (AvgIpc) is 3.26. The number of oxazole rings is 1. The van der Waals surface area contributed by atoms with E-state index in [2.05, 4.69) is 6.54 Å². The minimum atomic E-state index is -4.31. The molecule has 1 fully saturated rings. The Balaban J connectivity index is 1.54. The normalized spacial score (nSPS) is 18.2. The predicted octanol–water partition coefficient (Wildman–Crippen LogP) is 5.56. The molecular weight excluding hydrogens is 511 g/mol. The van der Waals surface area contributed by atoms with Crippen molar-refractivity contribution >= 4 is 56.2 Å². The molecule has 0 N–H and O–H groups in total. The SMILES string of the molecule is CCC(=Cc1oc2ccc(Cl)cc2[n+]1CCCS(=O)(=O)[O-])/C=C1/Oc2ccc(Cl)cc2[N+]12[CH]CC2. The van der Waals surface area contributed by atoms with Gasteiger partial charge in [0.25, 0.3) is 5.52 Å². The Kier molecular flexibility index (Phi) is 6.44. The molecule has 0 aliphatic carbocycles. The van der Waals surface area contributed by atoms with Crippen LogP contribution in [0.15, 0.2) is 58.3 Å². The second-order valence-corrected chi connectivity index (χ2v) is 11.0. The molecule has 1 saturated heterocycles. The summed E-state index contributed by atoms with van der Waals surface area (Å²) in [6, 6.07) is 10.9. The van der Waals surface area contributed by atoms with Gasteiger partial charge in [-0.25, -0.2) is 12.9 Å². The maximum absolute atomic E-state index is 11.1. The van der Waals surface area contributed by atoms with Gasteiger partial charge in [0, 0.05) is 40.4 Å². The standard InChI is InChI=1S/C25H24Cl2N2O5S/c1-2-17(14-25-29(10-4-11-29)21-16-19(27)6-8-23(21)34-25)13-24-28(9-3-12-35(30,31)32)20-15-18(26)5-7-22(20)33-24/h5-8,10,13-16H,2-4,9,11-12H2,1H3/q+1/b17-13?,25-14+. The fourth-order valence-electron chi connectivity index (χ4n) is 4.53. The molecule has 2 aliphatic rings. The highest BCUT2D eigenvalue weighted by Crippen LogP contribution is 2.51. The van der Waals surface area contributed by atoms with Crippen molar-refractivity contribution in [2.24, 2.45) is 0 Å². The lowest BCUT2D eigenvalue weighted by atomic mass is 10.1. The summed E-state index contributed by atoms with van der Waals surface area (Å²) < 4.78 is 48.1. The third kappa shape index (κ3) is 4.73. The molecular formula is C25H24Cl2N2O5S+. The highest BCUT2D eigenvalue weighted by atomic mass is 35.5. The molecule has 183 valence electrons. The highest BCUT2D eigenvalue weighted by molar-refractivity contribution is 7.85. The molecule has 3 aromatic rings. The number of hydrogen-bond donors (Lipinski definition) is 0. The third-order valence-corrected chi connectivity index (χ3v) is 7.63. The summed E-state index contributed by atoms with van der Waals surface area (Å²) in [7, 11) is -4.31. The van der Waals surface area contributed by atoms with Crippen LogP contribution < -0.4 is 13.8 Å². The number of aryl methyl sites for hydroxylation is 1. The van der Waals surface area contributed by atoms with Gasteiger partial charge >= 0.3 is 11.8 Å². The fourth-order valence-corrected chi connectivity index (χ4v) is 5.34. The largest absolute Gasteiger partial charge is 0.748 e. The Morgan fingerprint density at radius 1 is 1.20 bits per heavy atom. The van der Waals surface area contributed by atoms with E-state index in [0.29, 0.717) is 39.0 Å². The zero-order valence-corrected chi connectivity index (χ0v) is 21.4. The predicted molar refractivity (Wildman–Crippen MR) is 135 cm³/mol. The van der Waals surface area contributed by atoms with Crippen molar-refractivity contribution in [1.82, 2.24) is 4.48 Å². The number of rotatable bonds is 7. The average molecular weight is 535 g/mol. The molecule has 2 aromatic carbocycles. The van der Waals surface area contributed by atoms with Crippen LogP contribution in [0.4, 0.5) is 5.69 Å². The molecule has 1 aromatic heterocycles. The summed E-state index contributed by atoms with van der Waals surface area (Å²) in [5, 5.41) is 1.20. The van der Waals surface area contributed by atoms with Crippen molar-refractivity contribution in [2.45, 2.75) is 32.7 Å². The first-order chi connectivity index (χ1) is 16.7. The maximum atomic E-state index is 11.1. The number of quaternary nitrogens is 1. The number of halogens is 2. The second-order valence-electron chi connectivity index (χ2n) is 8.65. The van der Waals surface area contributed by atoms with Gasteiger partial charge in [0.1, 0.15) is 0 Å². The number of fused-ring (bicyclic) bond motifs is 3. The van der Waals surface area contributed by atoms with Crippen LogP contribution in [0.1, 0.15) is 32.1 Å². The van der Waals surface area contributed by atoms with Crippen molar-refractivity contribution in [2.75, 3.05) is 12.3 Å². The topological polar surface area (TPSA) is 83.5 Å². The van der Waals surface area contributed by atoms with E-state index in [1.54, 1.807) is 18.2 Å². The van der Waals surface area contributed by atoms with E-state index in [1.165, 1.54) is 0 Å². The van der Waals surface area contributed by atoms with Crippen LogP contribution in [0.3, 0.4) is 0 Å². The van der Waals surface area contributed by atoms with Gasteiger partial charge in [0.05, 0.1) is 29.2 Å². The summed E-state index contributed by atoms with van der Waals surface area (Å²) in [5.41, 5.74) is 3.34. The van der Waals surface area contributed by atoms with Gasteiger partial charge in [0.15, 0.2) is 24.5 Å². The summed E-state index contributed by atoms with van der Waals surface area (Å²) in [4.78, 5) is 0. The second kappa shape index (κ2) is 9.26. The first kappa shape index (κ1) is 24.3. The van der Waals surface area contributed by atoms with Crippen molar-refractivity contribution in [3.63, 3.8) is 0 Å². The van der Waals surface area contributed by atoms with Crippen LogP contribution >= 0.6 is 23.2 Å². The van der Waals surface area contributed by atoms with Gasteiger partial charge in [-0.15, -0.1) is 0 Å². The molecule has 0 bridgehead atoms. The fraction of sp³-hybridized carbons (Fsp3) is 0.280. The summed E-state index contributed by atoms with van der Waals surface area (Å²) in [6.07, 6.45) is 5.79. The third-order valence-electron chi connectivity index (χ3n) is 6.38. The van der Waals surface area contributed by atoms with Crippen LogP contribution in [0.2, 0.25) is 10.0 Å². The lowest BCUT2D eigenvalue weighted by molar-refractivity contribution is -0.677. The van der Waals surface area contributed by atoms with E-state index in [9.17, 15) is 13.0 Å². The lowest BCUT2D eigenvalue weighted by Gasteiger charge is -2.38. The molecule has 3 heterocycles. The van der Waals surface area contributed by atoms with E-state index in [4.69, 9.17) is 32.4 Å². The van der Waals surface area contributed by atoms with Crippen LogP contribution in [0.5, 0.6) is 5.75 Å². The van der Waals surface area contributed by atoms with E-state index >= 15 is 0 Å². The monoisotopic (exact) mass is 534 g/mol. The van der Waals surface area contributed by atoms with Crippen molar-refractivity contribution < 1.29 is 26.7 Å². The smallest absolute Gasteiger partial charge is 0.374 e. The minimum Gasteiger partial charge on any atom is -0.748 e. The minimum absolute atomic E-state index is 0.162. The molecule has 5 rings (SSSR count). The molecule has 35 heavy (non-hydrogen) atoms. The number of ether oxygens (including phenoxy) is 1. The van der Waals surface area contributed by atoms with Crippen LogP contribution in [0, 0.1) is 6.54 Å². The van der Waals surface area contributed by atoms with Crippen molar-refractivity contribution in [1.29, 1.82) is 0 Å². The zero-order valence-electron chi connectivity index (χ0n) is 19.0. The first-order valence-electron chi connectivity index (χ1n) is 11.4. The Labute approximate surface area is 214 Å². The molecule has 1 atom stereocenters. The molecule has 2 aliphatic heterocycles. The van der Waals surface area contributed by atoms with Gasteiger partial charge < -0.3 is 13.7 Å². The Bertz CT molecular complexity index is 1470. The Morgan fingerprint density at radius 2 is 1.94 bits per heavy atom. The van der Waals surface area contributed by atoms with Crippen LogP contribution in [-0.4, -0.2) is 25.3 Å². The molecule has 7 nitrogen and oxygen atoms in total. The van der Waals surface area contributed by atoms with E-state index in [1.807, 2.05) is 41.8 Å². The van der Waals surface area contributed by atoms with Crippen LogP contribution in [0.25, 0.3) is 17.2 Å². The summed E-state index contributed by atoms with van der Waals surface area (Å²) in [5.74, 6) is 1.67. The van der Waals surface area contributed by atoms with E-state index in [0.717, 1.165) is 41.4 Å². The van der Waals surface area contributed by atoms with Crippen molar-refractivity contribution in [3.05, 3.63) is 76.4 Å². The lowest BCUT2D eigenvalue weighted by Crippen LogP contribution is -2.53. The molecule has 1 unspecified atom stereocenters. The number of hydrogen-bond acceptors (Lipinski definition) is 5. The number of nitrogens with zero attached hydrogens (tertiary/aromatic N) is 2. The summed E-state index contributed by atoms with van der Waals surface area (Å²) >= 11 is 12.5. The van der Waals surface area contributed by atoms with Gasteiger partial charge in [-0.3, -0.25) is 0 Å². The Morgan fingerprint density at radius 3 is 2.63 bits per heavy atom. The molecule has 0 amide bonds. The van der Waals surface area contributed by atoms with Gasteiger partial charge in [-0.1, -0.05) is 30.1 Å². The maximum Gasteiger partial charge on any atom is 0.374 e. The van der Waals surface area contributed by atoms with Gasteiger partial charge in [-0.05, 0) is 36.3 Å². The highest BCUT2D eigenvalue weighted by Gasteiger charge is 2.52. The van der Waals surface area contributed by atoms with Gasteiger partial charge in [0.2, 0.25) is 5.58 Å². The molecule has 1 spiro atoms. The number of aromatic nitrogens is 1. The molecule has 10 heteroatoms.